The number of amidine groups is 1. The van der Waals surface area contributed by atoms with Crippen LogP contribution in [-0.2, 0) is 33.8 Å². The second-order valence-corrected chi connectivity index (χ2v) is 8.72. The van der Waals surface area contributed by atoms with E-state index in [-0.39, 0.29) is 18.8 Å². The Hall–Kier alpha value is -4.02. The number of carbonyl (C=O) groups is 2. The van der Waals surface area contributed by atoms with Gasteiger partial charge in [0.15, 0.2) is 0 Å². The van der Waals surface area contributed by atoms with Crippen LogP contribution < -0.4 is 10.5 Å². The Labute approximate surface area is 212 Å². The highest BCUT2D eigenvalue weighted by Crippen LogP contribution is 2.30. The van der Waals surface area contributed by atoms with Gasteiger partial charge in [-0.1, -0.05) is 60.7 Å². The summed E-state index contributed by atoms with van der Waals surface area (Å²) in [6.07, 6.45) is 0.294. The molecular formula is C26H28N4O5S. The van der Waals surface area contributed by atoms with Crippen LogP contribution in [-0.4, -0.2) is 38.6 Å². The van der Waals surface area contributed by atoms with Gasteiger partial charge in [0, 0.05) is 17.5 Å². The number of amides is 2. The number of nitrogens with one attached hydrogen (secondary N) is 2. The summed E-state index contributed by atoms with van der Waals surface area (Å²) in [5.74, 6) is -0.504. The van der Waals surface area contributed by atoms with Gasteiger partial charge in [0.05, 0.1) is 19.3 Å². The maximum atomic E-state index is 12.9. The van der Waals surface area contributed by atoms with E-state index in [1.165, 1.54) is 7.11 Å². The monoisotopic (exact) mass is 508 g/mol. The van der Waals surface area contributed by atoms with E-state index in [0.29, 0.717) is 29.7 Å². The normalized spacial score (nSPS) is 11.4. The van der Waals surface area contributed by atoms with E-state index >= 15 is 0 Å². The van der Waals surface area contributed by atoms with Crippen molar-refractivity contribution in [2.24, 2.45) is 5.73 Å². The lowest BCUT2D eigenvalue weighted by atomic mass is 9.99. The molecule has 0 spiro atoms. The topological polar surface area (TPSA) is 146 Å². The van der Waals surface area contributed by atoms with Gasteiger partial charge in [-0.2, -0.15) is 0 Å². The molecule has 0 radical (unpaired) electrons. The highest BCUT2D eigenvalue weighted by atomic mass is 32.2. The van der Waals surface area contributed by atoms with Crippen molar-refractivity contribution in [3.05, 3.63) is 89.5 Å². The minimum Gasteiger partial charge on any atom is -0.452 e. The van der Waals surface area contributed by atoms with Gasteiger partial charge in [-0.3, -0.25) is 19.5 Å². The number of nitrogens with two attached hydrogens (primary N) is 1. The summed E-state index contributed by atoms with van der Waals surface area (Å²) in [6.45, 7) is -0.00518. The van der Waals surface area contributed by atoms with Gasteiger partial charge in [0.1, 0.15) is 5.84 Å². The first-order valence-electron chi connectivity index (χ1n) is 11.2. The first-order valence-corrected chi connectivity index (χ1v) is 12.3. The second-order valence-electron chi connectivity index (χ2n) is 8.01. The van der Waals surface area contributed by atoms with E-state index in [0.717, 1.165) is 21.6 Å². The van der Waals surface area contributed by atoms with Crippen LogP contribution in [0.15, 0.2) is 72.8 Å². The van der Waals surface area contributed by atoms with Gasteiger partial charge in [-0.15, -0.1) is 0 Å². The van der Waals surface area contributed by atoms with Crippen LogP contribution in [0.4, 0.5) is 10.5 Å². The van der Waals surface area contributed by atoms with Crippen LogP contribution in [0, 0.1) is 5.41 Å². The molecule has 0 aliphatic rings. The van der Waals surface area contributed by atoms with Gasteiger partial charge < -0.3 is 10.5 Å². The van der Waals surface area contributed by atoms with Crippen molar-refractivity contribution in [3.63, 3.8) is 0 Å². The predicted molar refractivity (Wildman–Crippen MR) is 140 cm³/mol. The fourth-order valence-electron chi connectivity index (χ4n) is 3.76. The van der Waals surface area contributed by atoms with Gasteiger partial charge in [-0.05, 0) is 41.7 Å². The van der Waals surface area contributed by atoms with Crippen molar-refractivity contribution >= 4 is 34.8 Å². The van der Waals surface area contributed by atoms with E-state index in [9.17, 15) is 18.4 Å². The van der Waals surface area contributed by atoms with Crippen molar-refractivity contribution in [2.45, 2.75) is 25.8 Å². The van der Waals surface area contributed by atoms with Crippen LogP contribution >= 0.6 is 0 Å². The molecule has 188 valence electrons. The number of imide groups is 1. The maximum absolute atomic E-state index is 12.9. The Balaban J connectivity index is 1.69. The zero-order chi connectivity index (χ0) is 26.1. The molecule has 5 N–H and O–H groups in total. The summed E-state index contributed by atoms with van der Waals surface area (Å²) in [5, 5.41) is 7.58. The number of ether oxygens (including phenoxy) is 1. The van der Waals surface area contributed by atoms with E-state index in [2.05, 4.69) is 4.72 Å². The number of anilines is 1. The average Bonchev–Trinajstić information content (AvgIpc) is 2.87. The molecule has 0 fully saturated rings. The highest BCUT2D eigenvalue weighted by Gasteiger charge is 2.22. The van der Waals surface area contributed by atoms with Gasteiger partial charge >= 0.3 is 6.09 Å². The zero-order valence-corrected chi connectivity index (χ0v) is 20.6. The van der Waals surface area contributed by atoms with Crippen molar-refractivity contribution in [2.75, 3.05) is 11.8 Å². The summed E-state index contributed by atoms with van der Waals surface area (Å²) in [4.78, 5) is 26.2. The lowest BCUT2D eigenvalue weighted by Crippen LogP contribution is -2.36. The third-order valence-corrected chi connectivity index (χ3v) is 5.89. The minimum atomic E-state index is -2.24. The number of hydrogen-bond donors (Lipinski definition) is 4. The molecule has 0 heterocycles. The quantitative estimate of drug-likeness (QED) is 0.182. The molecule has 0 aliphatic carbocycles. The molecule has 1 atom stereocenters. The molecule has 3 aromatic rings. The fourth-order valence-corrected chi connectivity index (χ4v) is 4.12. The lowest BCUT2D eigenvalue weighted by molar-refractivity contribution is -0.129. The van der Waals surface area contributed by atoms with Gasteiger partial charge in [0.25, 0.3) is 11.3 Å². The molecular weight excluding hydrogens is 480 g/mol. The number of carbonyl (C=O) groups excluding carboxylic acids is 2. The molecule has 1 unspecified atom stereocenters. The molecule has 0 saturated heterocycles. The highest BCUT2D eigenvalue weighted by molar-refractivity contribution is 7.80. The predicted octanol–water partition coefficient (Wildman–Crippen LogP) is 4.30. The molecule has 3 rings (SSSR count). The van der Waals surface area contributed by atoms with Crippen LogP contribution in [0.1, 0.15) is 29.5 Å². The molecule has 0 saturated carbocycles. The molecule has 10 heteroatoms. The summed E-state index contributed by atoms with van der Waals surface area (Å²) >= 11 is -2.24. The van der Waals surface area contributed by atoms with Crippen LogP contribution in [0.5, 0.6) is 0 Å². The first-order chi connectivity index (χ1) is 17.3. The second kappa shape index (κ2) is 12.6. The number of benzene rings is 3. The number of nitrogens with zero attached hydrogens (tertiary/aromatic N) is 1. The molecule has 3 aromatic carbocycles. The standard InChI is InChI=1S/C26H28N4O5S/c1-35-26(32)30(17-19-8-5-11-21(15-19)25(27)28)24(31)12-6-7-18-13-14-22(20-9-3-2-4-10-20)23(16-18)29-36(33)34/h2-5,8-11,13-16,29H,6-7,12,17H2,1H3,(H3,27,28)(H,33,34). The third-order valence-electron chi connectivity index (χ3n) is 5.50. The van der Waals surface area contributed by atoms with Gasteiger partial charge in [-0.25, -0.2) is 13.9 Å². The summed E-state index contributed by atoms with van der Waals surface area (Å²) < 4.78 is 28.2. The smallest absolute Gasteiger partial charge is 0.416 e. The van der Waals surface area contributed by atoms with Crippen molar-refractivity contribution < 1.29 is 23.1 Å². The number of rotatable bonds is 10. The number of hydrogen-bond acceptors (Lipinski definition) is 5. The molecule has 2 amide bonds. The SMILES string of the molecule is COC(=O)N(Cc1cccc(C(=N)N)c1)C(=O)CCCc1ccc(-c2ccccc2)c(NS(=O)O)c1. The van der Waals surface area contributed by atoms with Crippen molar-refractivity contribution in [1.29, 1.82) is 5.41 Å². The van der Waals surface area contributed by atoms with Crippen molar-refractivity contribution in [3.8, 4) is 11.1 Å². The summed E-state index contributed by atoms with van der Waals surface area (Å²) in [6, 6.07) is 21.8. The van der Waals surface area contributed by atoms with Crippen LogP contribution in [0.3, 0.4) is 0 Å². The molecule has 36 heavy (non-hydrogen) atoms. The Morgan fingerprint density at radius 3 is 2.47 bits per heavy atom. The Kier molecular flexibility index (Phi) is 9.32. The molecule has 0 aromatic heterocycles. The summed E-state index contributed by atoms with van der Waals surface area (Å²) in [5.41, 5.74) is 9.73. The summed E-state index contributed by atoms with van der Waals surface area (Å²) in [7, 11) is 1.21. The molecule has 0 aliphatic heterocycles. The van der Waals surface area contributed by atoms with Crippen LogP contribution in [0.25, 0.3) is 11.1 Å². The van der Waals surface area contributed by atoms with Crippen LogP contribution in [0.2, 0.25) is 0 Å². The molecule has 9 nitrogen and oxygen atoms in total. The lowest BCUT2D eigenvalue weighted by Gasteiger charge is -2.20. The fraction of sp³-hybridized carbons (Fsp3) is 0.192. The Morgan fingerprint density at radius 2 is 1.81 bits per heavy atom. The molecule has 0 bridgehead atoms. The average molecular weight is 509 g/mol. The zero-order valence-electron chi connectivity index (χ0n) is 19.8. The van der Waals surface area contributed by atoms with E-state index < -0.39 is 23.3 Å². The van der Waals surface area contributed by atoms with Crippen molar-refractivity contribution in [1.82, 2.24) is 4.90 Å². The number of methoxy groups -OCH3 is 1. The Morgan fingerprint density at radius 1 is 1.06 bits per heavy atom. The van der Waals surface area contributed by atoms with E-state index in [4.69, 9.17) is 15.9 Å². The van der Waals surface area contributed by atoms with Gasteiger partial charge in [0.2, 0.25) is 5.91 Å². The Bertz CT molecular complexity index is 1270. The minimum absolute atomic E-state index is 0.00518. The third kappa shape index (κ3) is 7.24. The first kappa shape index (κ1) is 26.6. The van der Waals surface area contributed by atoms with E-state index in [1.807, 2.05) is 42.5 Å². The maximum Gasteiger partial charge on any atom is 0.416 e. The number of aryl methyl sites for hydroxylation is 1. The number of nitrogen functional groups attached to an aromatic ring is 1. The van der Waals surface area contributed by atoms with E-state index in [1.54, 1.807) is 30.3 Å². The largest absolute Gasteiger partial charge is 0.452 e.